The van der Waals surface area contributed by atoms with E-state index in [9.17, 15) is 34.4 Å². The topological polar surface area (TPSA) is 149 Å². The molecule has 0 saturated carbocycles. The van der Waals surface area contributed by atoms with Gasteiger partial charge in [-0.2, -0.15) is 16.8 Å². The highest BCUT2D eigenvalue weighted by molar-refractivity contribution is 7.86. The first-order chi connectivity index (χ1) is 9.77. The van der Waals surface area contributed by atoms with Gasteiger partial charge in [-0.3, -0.25) is 9.11 Å². The summed E-state index contributed by atoms with van der Waals surface area (Å²) < 4.78 is 101. The van der Waals surface area contributed by atoms with Crippen LogP contribution in [0.5, 0.6) is 0 Å². The third-order valence-electron chi connectivity index (χ3n) is 1.53. The fourth-order valence-corrected chi connectivity index (χ4v) is 1.04. The van der Waals surface area contributed by atoms with Crippen molar-refractivity contribution in [3.05, 3.63) is 0 Å². The van der Waals surface area contributed by atoms with Gasteiger partial charge in [0.2, 0.25) is 0 Å². The third-order valence-corrected chi connectivity index (χ3v) is 3.72. The lowest BCUT2D eigenvalue weighted by Gasteiger charge is -2.01. The molecule has 0 aliphatic rings. The van der Waals surface area contributed by atoms with Gasteiger partial charge in [0.1, 0.15) is 43.5 Å². The summed E-state index contributed by atoms with van der Waals surface area (Å²) in [5.41, 5.74) is 0. The van der Waals surface area contributed by atoms with E-state index in [4.69, 9.17) is 19.3 Å². The highest BCUT2D eigenvalue weighted by atomic mass is 32.2. The van der Waals surface area contributed by atoms with E-state index < -0.39 is 63.7 Å². The van der Waals surface area contributed by atoms with Crippen LogP contribution in [0.25, 0.3) is 0 Å². The summed E-state index contributed by atoms with van der Waals surface area (Å²) in [7, 11) is -9.03. The Kier molecular flexibility index (Phi) is 15.5. The van der Waals surface area contributed by atoms with E-state index in [0.29, 0.717) is 0 Å². The zero-order valence-electron chi connectivity index (χ0n) is 11.3. The highest BCUT2D eigenvalue weighted by Crippen LogP contribution is 2.00. The zero-order chi connectivity index (χ0) is 18.6. The van der Waals surface area contributed by atoms with E-state index >= 15 is 0 Å². The Balaban J connectivity index is -0.000000266. The predicted octanol–water partition coefficient (Wildman–Crippen LogP) is -0.319. The Labute approximate surface area is 125 Å². The van der Waals surface area contributed by atoms with E-state index in [2.05, 4.69) is 0 Å². The molecule has 0 aromatic rings. The maximum absolute atomic E-state index is 11.4. The molecule has 0 heterocycles. The Morgan fingerprint density at radius 2 is 0.864 bits per heavy atom. The summed E-state index contributed by atoms with van der Waals surface area (Å²) in [6.45, 7) is -4.30. The van der Waals surface area contributed by atoms with Crippen molar-refractivity contribution in [2.24, 2.45) is 0 Å². The van der Waals surface area contributed by atoms with Gasteiger partial charge in [-0.25, -0.2) is 17.6 Å². The molecule has 0 radical (unpaired) electrons. The second-order valence-electron chi connectivity index (χ2n) is 3.52. The summed E-state index contributed by atoms with van der Waals surface area (Å²) >= 11 is 0. The molecule has 0 aliphatic heterocycles. The average molecular weight is 382 g/mol. The molecule has 4 N–H and O–H groups in total. The number of hydrogen-bond acceptors (Lipinski definition) is 6. The summed E-state index contributed by atoms with van der Waals surface area (Å²) in [5.74, 6) is 0. The van der Waals surface area contributed by atoms with Crippen LogP contribution >= 0.6 is 0 Å². The van der Waals surface area contributed by atoms with Crippen molar-refractivity contribution < 1.29 is 53.7 Å². The number of rotatable bonds is 6. The van der Waals surface area contributed by atoms with E-state index in [1.54, 1.807) is 0 Å². The van der Waals surface area contributed by atoms with Crippen LogP contribution in [-0.4, -0.2) is 79.6 Å². The maximum Gasteiger partial charge on any atom is 0.272 e. The van der Waals surface area contributed by atoms with Gasteiger partial charge >= 0.3 is 0 Å². The molecular weight excluding hydrogens is 364 g/mol. The number of alkyl halides is 4. The first-order valence-electron chi connectivity index (χ1n) is 5.30. The molecule has 0 amide bonds. The number of aliphatic hydroxyl groups excluding tert-OH is 1. The minimum absolute atomic E-state index is 1.17. The molecule has 138 valence electrons. The second-order valence-corrected chi connectivity index (χ2v) is 6.92. The predicted molar refractivity (Wildman–Crippen MR) is 68.5 cm³/mol. The summed E-state index contributed by atoms with van der Waals surface area (Å²) in [4.78, 5) is 0. The molecule has 22 heavy (non-hydrogen) atoms. The van der Waals surface area contributed by atoms with Crippen LogP contribution in [0.4, 0.5) is 17.6 Å². The number of aliphatic hydroxyl groups is 2. The van der Waals surface area contributed by atoms with E-state index in [1.807, 2.05) is 0 Å². The molecular formula is C8H18F4O8S2. The zero-order valence-corrected chi connectivity index (χ0v) is 12.9. The van der Waals surface area contributed by atoms with Crippen molar-refractivity contribution in [1.29, 1.82) is 0 Å². The van der Waals surface area contributed by atoms with Crippen LogP contribution in [-0.2, 0) is 20.2 Å². The van der Waals surface area contributed by atoms with Crippen molar-refractivity contribution in [3.63, 3.8) is 0 Å². The fourth-order valence-electron chi connectivity index (χ4n) is 0.401. The highest BCUT2D eigenvalue weighted by Gasteiger charge is 2.22. The Hall–Kier alpha value is -0.540. The van der Waals surface area contributed by atoms with Crippen LogP contribution in [0.15, 0.2) is 0 Å². The standard InChI is InChI=1S/2C3H6F2O3S.C2H6O2/c2*4-1-3(2-5)9(6,7)8;1-2(3)4/h2*3H,1-2H2,(H,6,7,8);2-4H,1H3. The monoisotopic (exact) mass is 382 g/mol. The lowest BCUT2D eigenvalue weighted by atomic mass is 10.5. The number of halogens is 4. The summed E-state index contributed by atoms with van der Waals surface area (Å²) in [6, 6.07) is 0. The van der Waals surface area contributed by atoms with Crippen LogP contribution in [0.2, 0.25) is 0 Å². The van der Waals surface area contributed by atoms with Crippen LogP contribution in [0.3, 0.4) is 0 Å². The van der Waals surface area contributed by atoms with Gasteiger partial charge in [-0.1, -0.05) is 0 Å². The van der Waals surface area contributed by atoms with Gasteiger partial charge in [-0.05, 0) is 6.92 Å². The molecule has 0 aromatic carbocycles. The van der Waals surface area contributed by atoms with Crippen molar-refractivity contribution in [2.75, 3.05) is 26.7 Å². The largest absolute Gasteiger partial charge is 0.368 e. The van der Waals surface area contributed by atoms with Gasteiger partial charge in [0, 0.05) is 0 Å². The SMILES string of the molecule is CC(O)O.O=S(=O)(O)C(CF)CF.O=S(=O)(O)C(CF)CF. The van der Waals surface area contributed by atoms with Gasteiger partial charge in [-0.15, -0.1) is 0 Å². The van der Waals surface area contributed by atoms with Crippen molar-refractivity contribution in [3.8, 4) is 0 Å². The first-order valence-corrected chi connectivity index (χ1v) is 8.31. The average Bonchev–Trinajstić information content (AvgIpc) is 2.28. The Morgan fingerprint density at radius 3 is 0.864 bits per heavy atom. The minimum Gasteiger partial charge on any atom is -0.368 e. The normalized spacial score (nSPS) is 11.8. The van der Waals surface area contributed by atoms with E-state index in [0.717, 1.165) is 0 Å². The van der Waals surface area contributed by atoms with Crippen molar-refractivity contribution >= 4 is 20.2 Å². The summed E-state index contributed by atoms with van der Waals surface area (Å²) in [5, 5.41) is 11.4. The molecule has 14 heteroatoms. The smallest absolute Gasteiger partial charge is 0.272 e. The lowest BCUT2D eigenvalue weighted by Crippen LogP contribution is -2.24. The van der Waals surface area contributed by atoms with Crippen LogP contribution in [0.1, 0.15) is 6.92 Å². The van der Waals surface area contributed by atoms with Crippen molar-refractivity contribution in [2.45, 2.75) is 23.7 Å². The molecule has 0 aromatic heterocycles. The van der Waals surface area contributed by atoms with Crippen molar-refractivity contribution in [1.82, 2.24) is 0 Å². The molecule has 0 unspecified atom stereocenters. The molecule has 0 saturated heterocycles. The third kappa shape index (κ3) is 17.5. The molecule has 8 nitrogen and oxygen atoms in total. The molecule has 0 aliphatic carbocycles. The molecule has 0 rings (SSSR count). The van der Waals surface area contributed by atoms with Crippen LogP contribution < -0.4 is 0 Å². The van der Waals surface area contributed by atoms with E-state index in [1.165, 1.54) is 6.92 Å². The minimum atomic E-state index is -4.52. The van der Waals surface area contributed by atoms with Gasteiger partial charge < -0.3 is 10.2 Å². The quantitative estimate of drug-likeness (QED) is 0.277. The maximum atomic E-state index is 11.4. The van der Waals surface area contributed by atoms with Gasteiger partial charge in [0.15, 0.2) is 0 Å². The van der Waals surface area contributed by atoms with Crippen LogP contribution in [0, 0.1) is 0 Å². The lowest BCUT2D eigenvalue weighted by molar-refractivity contribution is -0.0228. The second kappa shape index (κ2) is 13.0. The first kappa shape index (κ1) is 26.4. The van der Waals surface area contributed by atoms with Gasteiger partial charge in [0.05, 0.1) is 0 Å². The molecule has 0 atom stereocenters. The molecule has 0 spiro atoms. The Morgan fingerprint density at radius 1 is 0.727 bits per heavy atom. The van der Waals surface area contributed by atoms with Gasteiger partial charge in [0.25, 0.3) is 20.2 Å². The molecule has 0 bridgehead atoms. The summed E-state index contributed by atoms with van der Waals surface area (Å²) in [6.07, 6.45) is -1.17. The Bertz CT molecular complexity index is 402. The van der Waals surface area contributed by atoms with E-state index in [-0.39, 0.29) is 0 Å². The molecule has 0 fully saturated rings. The fraction of sp³-hybridized carbons (Fsp3) is 1.00. The number of hydrogen-bond donors (Lipinski definition) is 4.